The molecule has 0 saturated carbocycles. The van der Waals surface area contributed by atoms with E-state index in [1.807, 2.05) is 0 Å². The van der Waals surface area contributed by atoms with Crippen LogP contribution in [-0.2, 0) is 0 Å². The molecule has 2 aromatic rings. The fourth-order valence-corrected chi connectivity index (χ4v) is 1.99. The van der Waals surface area contributed by atoms with Crippen molar-refractivity contribution in [2.24, 2.45) is 0 Å². The molecule has 1 unspecified atom stereocenters. The molecular formula is C13H9BrClFO. The Morgan fingerprint density at radius 2 is 1.82 bits per heavy atom. The SMILES string of the molecule is OC(c1cccc(F)c1)c1ccc(Br)c(Cl)c1. The lowest BCUT2D eigenvalue weighted by molar-refractivity contribution is 0.220. The van der Waals surface area contributed by atoms with Crippen LogP contribution in [0, 0.1) is 5.82 Å². The fourth-order valence-electron chi connectivity index (χ4n) is 1.55. The first-order valence-corrected chi connectivity index (χ1v) is 6.13. The summed E-state index contributed by atoms with van der Waals surface area (Å²) in [5, 5.41) is 10.6. The molecule has 0 radical (unpaired) electrons. The predicted molar refractivity (Wildman–Crippen MR) is 69.6 cm³/mol. The van der Waals surface area contributed by atoms with Crippen molar-refractivity contribution in [2.75, 3.05) is 0 Å². The molecular weight excluding hydrogens is 306 g/mol. The number of halogens is 3. The van der Waals surface area contributed by atoms with Gasteiger partial charge in [0.05, 0.1) is 5.02 Å². The van der Waals surface area contributed by atoms with Gasteiger partial charge in [0.1, 0.15) is 11.9 Å². The van der Waals surface area contributed by atoms with E-state index in [2.05, 4.69) is 15.9 Å². The molecule has 0 bridgehead atoms. The quantitative estimate of drug-likeness (QED) is 0.875. The second kappa shape index (κ2) is 5.17. The van der Waals surface area contributed by atoms with Gasteiger partial charge < -0.3 is 5.11 Å². The van der Waals surface area contributed by atoms with E-state index >= 15 is 0 Å². The molecule has 0 spiro atoms. The number of benzene rings is 2. The van der Waals surface area contributed by atoms with Crippen molar-refractivity contribution in [1.82, 2.24) is 0 Å². The number of rotatable bonds is 2. The molecule has 1 nitrogen and oxygen atoms in total. The normalized spacial score (nSPS) is 12.5. The summed E-state index contributed by atoms with van der Waals surface area (Å²) in [5.74, 6) is -0.371. The second-order valence-corrected chi connectivity index (χ2v) is 4.89. The van der Waals surface area contributed by atoms with E-state index < -0.39 is 6.10 Å². The minimum Gasteiger partial charge on any atom is -0.384 e. The van der Waals surface area contributed by atoms with Crippen molar-refractivity contribution in [2.45, 2.75) is 6.10 Å². The summed E-state index contributed by atoms with van der Waals surface area (Å²) >= 11 is 9.22. The maximum Gasteiger partial charge on any atom is 0.123 e. The molecule has 2 rings (SSSR count). The van der Waals surface area contributed by atoms with Gasteiger partial charge in [0.25, 0.3) is 0 Å². The molecule has 0 aliphatic heterocycles. The molecule has 0 heterocycles. The van der Waals surface area contributed by atoms with Crippen LogP contribution in [0.5, 0.6) is 0 Å². The first kappa shape index (κ1) is 12.6. The molecule has 0 aliphatic rings. The number of hydrogen-bond donors (Lipinski definition) is 1. The van der Waals surface area contributed by atoms with Gasteiger partial charge in [0.15, 0.2) is 0 Å². The van der Waals surface area contributed by atoms with E-state index in [4.69, 9.17) is 11.6 Å². The third-order valence-corrected chi connectivity index (χ3v) is 3.66. The Bertz CT molecular complexity index is 545. The highest BCUT2D eigenvalue weighted by Gasteiger charge is 2.12. The maximum absolute atomic E-state index is 13.0. The van der Waals surface area contributed by atoms with Crippen molar-refractivity contribution >= 4 is 27.5 Å². The van der Waals surface area contributed by atoms with Crippen LogP contribution in [0.1, 0.15) is 17.2 Å². The van der Waals surface area contributed by atoms with Crippen LogP contribution < -0.4 is 0 Å². The summed E-state index contributed by atoms with van der Waals surface area (Å²) in [4.78, 5) is 0. The van der Waals surface area contributed by atoms with Gasteiger partial charge in [-0.05, 0) is 51.3 Å². The van der Waals surface area contributed by atoms with Crippen LogP contribution in [0.2, 0.25) is 5.02 Å². The summed E-state index contributed by atoms with van der Waals surface area (Å²) < 4.78 is 13.8. The average molecular weight is 316 g/mol. The van der Waals surface area contributed by atoms with Crippen LogP contribution in [0.25, 0.3) is 0 Å². The summed E-state index contributed by atoms with van der Waals surface area (Å²) in [6.45, 7) is 0. The van der Waals surface area contributed by atoms with Crippen LogP contribution >= 0.6 is 27.5 Å². The first-order valence-electron chi connectivity index (χ1n) is 4.96. The molecule has 2 aromatic carbocycles. The summed E-state index contributed by atoms with van der Waals surface area (Å²) in [6.07, 6.45) is -0.878. The van der Waals surface area contributed by atoms with Crippen LogP contribution in [-0.4, -0.2) is 5.11 Å². The van der Waals surface area contributed by atoms with E-state index in [-0.39, 0.29) is 5.82 Å². The predicted octanol–water partition coefficient (Wildman–Crippen LogP) is 4.32. The molecule has 17 heavy (non-hydrogen) atoms. The van der Waals surface area contributed by atoms with Gasteiger partial charge in [-0.25, -0.2) is 4.39 Å². The highest BCUT2D eigenvalue weighted by atomic mass is 79.9. The molecule has 4 heteroatoms. The minimum atomic E-state index is -0.878. The lowest BCUT2D eigenvalue weighted by atomic mass is 10.0. The Morgan fingerprint density at radius 3 is 2.47 bits per heavy atom. The van der Waals surface area contributed by atoms with Crippen molar-refractivity contribution < 1.29 is 9.50 Å². The standard InChI is InChI=1S/C13H9BrClFO/c14-11-5-4-9(7-12(11)15)13(17)8-2-1-3-10(16)6-8/h1-7,13,17H. The number of hydrogen-bond acceptors (Lipinski definition) is 1. The van der Waals surface area contributed by atoms with Crippen molar-refractivity contribution in [3.8, 4) is 0 Å². The molecule has 1 N–H and O–H groups in total. The van der Waals surface area contributed by atoms with Crippen molar-refractivity contribution in [3.63, 3.8) is 0 Å². The zero-order chi connectivity index (χ0) is 12.4. The topological polar surface area (TPSA) is 20.2 Å². The van der Waals surface area contributed by atoms with Gasteiger partial charge >= 0.3 is 0 Å². The molecule has 88 valence electrons. The van der Waals surface area contributed by atoms with E-state index in [1.165, 1.54) is 12.1 Å². The zero-order valence-electron chi connectivity index (χ0n) is 8.70. The third kappa shape index (κ3) is 2.86. The Kier molecular flexibility index (Phi) is 3.82. The van der Waals surface area contributed by atoms with Gasteiger partial charge in [0.2, 0.25) is 0 Å². The molecule has 0 aromatic heterocycles. The fraction of sp³-hybridized carbons (Fsp3) is 0.0769. The minimum absolute atomic E-state index is 0.371. The van der Waals surface area contributed by atoms with E-state index in [1.54, 1.807) is 30.3 Å². The highest BCUT2D eigenvalue weighted by Crippen LogP contribution is 2.29. The monoisotopic (exact) mass is 314 g/mol. The summed E-state index contributed by atoms with van der Waals surface area (Å²) in [5.41, 5.74) is 1.13. The van der Waals surface area contributed by atoms with E-state index in [0.29, 0.717) is 16.1 Å². The van der Waals surface area contributed by atoms with Crippen molar-refractivity contribution in [1.29, 1.82) is 0 Å². The Morgan fingerprint density at radius 1 is 1.12 bits per heavy atom. The Balaban J connectivity index is 2.36. The number of aliphatic hydroxyl groups excluding tert-OH is 1. The third-order valence-electron chi connectivity index (χ3n) is 2.42. The smallest absolute Gasteiger partial charge is 0.123 e. The zero-order valence-corrected chi connectivity index (χ0v) is 11.0. The van der Waals surface area contributed by atoms with E-state index in [9.17, 15) is 9.50 Å². The van der Waals surface area contributed by atoms with Crippen LogP contribution in [0.15, 0.2) is 46.9 Å². The van der Waals surface area contributed by atoms with Gasteiger partial charge in [-0.2, -0.15) is 0 Å². The van der Waals surface area contributed by atoms with Gasteiger partial charge in [-0.15, -0.1) is 0 Å². The van der Waals surface area contributed by atoms with Crippen LogP contribution in [0.4, 0.5) is 4.39 Å². The second-order valence-electron chi connectivity index (χ2n) is 3.63. The first-order chi connectivity index (χ1) is 8.08. The van der Waals surface area contributed by atoms with Crippen LogP contribution in [0.3, 0.4) is 0 Å². The van der Waals surface area contributed by atoms with Gasteiger partial charge in [0, 0.05) is 4.47 Å². The number of aliphatic hydroxyl groups is 1. The summed E-state index contributed by atoms with van der Waals surface area (Å²) in [6, 6.07) is 11.0. The van der Waals surface area contributed by atoms with Gasteiger partial charge in [-0.1, -0.05) is 29.8 Å². The molecule has 0 saturated heterocycles. The lowest BCUT2D eigenvalue weighted by Crippen LogP contribution is -2.00. The van der Waals surface area contributed by atoms with Gasteiger partial charge in [-0.3, -0.25) is 0 Å². The molecule has 1 atom stereocenters. The Hall–Kier alpha value is -0.900. The summed E-state index contributed by atoms with van der Waals surface area (Å²) in [7, 11) is 0. The van der Waals surface area contributed by atoms with E-state index in [0.717, 1.165) is 4.47 Å². The average Bonchev–Trinajstić information content (AvgIpc) is 2.32. The molecule has 0 fully saturated rings. The Labute approximate surface area is 112 Å². The maximum atomic E-state index is 13.0. The largest absolute Gasteiger partial charge is 0.384 e. The molecule has 0 aliphatic carbocycles. The molecule has 0 amide bonds. The van der Waals surface area contributed by atoms with Crippen molar-refractivity contribution in [3.05, 3.63) is 68.9 Å². The lowest BCUT2D eigenvalue weighted by Gasteiger charge is -2.12. The highest BCUT2D eigenvalue weighted by molar-refractivity contribution is 9.10.